The fraction of sp³-hybridized carbons (Fsp3) is 0.429. The molecule has 3 N–H and O–H groups in total. The Kier molecular flexibility index (Phi) is 3.40. The monoisotopic (exact) mass is 357 g/mol. The summed E-state index contributed by atoms with van der Waals surface area (Å²) in [5, 5.41) is 19.5. The molecule has 0 aliphatic carbocycles. The van der Waals surface area contributed by atoms with Gasteiger partial charge < -0.3 is 19.7 Å². The molecule has 1 aromatic carbocycles. The van der Waals surface area contributed by atoms with Gasteiger partial charge in [0.1, 0.15) is 17.5 Å². The second-order valence-corrected chi connectivity index (χ2v) is 8.72. The van der Waals surface area contributed by atoms with Crippen LogP contribution in [0.3, 0.4) is 0 Å². The van der Waals surface area contributed by atoms with E-state index >= 15 is 0 Å². The van der Waals surface area contributed by atoms with Crippen LogP contribution in [0.2, 0.25) is 0 Å². The molecular weight excluding hydrogens is 342 g/mol. The number of anilines is 1. The van der Waals surface area contributed by atoms with Gasteiger partial charge in [0, 0.05) is 5.56 Å². The number of para-hydroxylation sites is 1. The molecule has 0 radical (unpaired) electrons. The van der Waals surface area contributed by atoms with Crippen LogP contribution in [-0.4, -0.2) is 48.5 Å². The topological polar surface area (TPSA) is 105 Å². The third-order valence-electron chi connectivity index (χ3n) is 4.11. The maximum absolute atomic E-state index is 12.5. The largest absolute Gasteiger partial charge is 0.461 e. The average molecular weight is 357 g/mol. The lowest BCUT2D eigenvalue weighted by Gasteiger charge is -2.44. The number of benzene rings is 1. The minimum Gasteiger partial charge on any atom is -0.461 e. The molecule has 1 fully saturated rings. The van der Waals surface area contributed by atoms with Crippen LogP contribution in [0.1, 0.15) is 12.5 Å². The number of fused-ring (bicyclic) bond motifs is 3. The summed E-state index contributed by atoms with van der Waals surface area (Å²) in [5.41, 5.74) is 1.06. The van der Waals surface area contributed by atoms with Crippen molar-refractivity contribution in [1.82, 2.24) is 0 Å². The number of hydrogen-bond donors (Lipinski definition) is 3. The Bertz CT molecular complexity index is 792. The number of nitrogens with one attached hydrogen (secondary N) is 1. The van der Waals surface area contributed by atoms with Crippen LogP contribution in [0.5, 0.6) is 0 Å². The fourth-order valence-electron chi connectivity index (χ4n) is 2.88. The fourth-order valence-corrected chi connectivity index (χ4v) is 5.85. The molecule has 3 aliphatic heterocycles. The third-order valence-corrected chi connectivity index (χ3v) is 7.39. The summed E-state index contributed by atoms with van der Waals surface area (Å²) in [6.45, 7) is 1.63. The highest BCUT2D eigenvalue weighted by atomic mass is 32.3. The van der Waals surface area contributed by atoms with E-state index in [2.05, 4.69) is 4.72 Å². The summed E-state index contributed by atoms with van der Waals surface area (Å²) in [6, 6.07) is 6.92. The van der Waals surface area contributed by atoms with Crippen LogP contribution in [0.15, 0.2) is 28.5 Å². The first kappa shape index (κ1) is 15.3. The minimum absolute atomic E-state index is 0.00172. The molecular formula is C14H15NO6S2. The van der Waals surface area contributed by atoms with E-state index in [1.54, 1.807) is 31.2 Å². The SMILES string of the molecule is CC1OC2OC3=C(SC2C(O)C1O)S(=O)(=O)Nc1ccccc13. The third kappa shape index (κ3) is 2.26. The molecule has 5 unspecified atom stereocenters. The zero-order chi connectivity index (χ0) is 16.4. The molecule has 4 rings (SSSR count). The Labute approximate surface area is 137 Å². The van der Waals surface area contributed by atoms with Crippen molar-refractivity contribution in [3.05, 3.63) is 34.1 Å². The molecule has 0 saturated carbocycles. The van der Waals surface area contributed by atoms with Gasteiger partial charge in [-0.2, -0.15) is 0 Å². The van der Waals surface area contributed by atoms with Crippen molar-refractivity contribution in [2.45, 2.75) is 36.8 Å². The molecule has 0 spiro atoms. The van der Waals surface area contributed by atoms with E-state index in [0.29, 0.717) is 11.3 Å². The zero-order valence-corrected chi connectivity index (χ0v) is 13.7. The van der Waals surface area contributed by atoms with E-state index in [1.807, 2.05) is 0 Å². The summed E-state index contributed by atoms with van der Waals surface area (Å²) in [6.07, 6.45) is -3.67. The van der Waals surface area contributed by atoms with Crippen molar-refractivity contribution in [1.29, 1.82) is 0 Å². The summed E-state index contributed by atoms with van der Waals surface area (Å²) < 4.78 is 38.8. The second-order valence-electron chi connectivity index (χ2n) is 5.66. The quantitative estimate of drug-likeness (QED) is 0.627. The van der Waals surface area contributed by atoms with E-state index in [0.717, 1.165) is 11.8 Å². The van der Waals surface area contributed by atoms with Crippen molar-refractivity contribution < 1.29 is 28.1 Å². The Hall–Kier alpha value is -1.26. The Balaban J connectivity index is 1.82. The van der Waals surface area contributed by atoms with Crippen LogP contribution >= 0.6 is 11.8 Å². The van der Waals surface area contributed by atoms with Gasteiger partial charge in [-0.15, -0.1) is 0 Å². The van der Waals surface area contributed by atoms with Gasteiger partial charge in [-0.1, -0.05) is 23.9 Å². The first-order valence-corrected chi connectivity index (χ1v) is 9.46. The van der Waals surface area contributed by atoms with E-state index < -0.39 is 39.9 Å². The lowest BCUT2D eigenvalue weighted by Crippen LogP contribution is -2.57. The maximum atomic E-state index is 12.5. The molecule has 124 valence electrons. The minimum atomic E-state index is -3.78. The van der Waals surface area contributed by atoms with Crippen molar-refractivity contribution in [3.63, 3.8) is 0 Å². The normalized spacial score (nSPS) is 37.8. The Morgan fingerprint density at radius 3 is 2.74 bits per heavy atom. The lowest BCUT2D eigenvalue weighted by atomic mass is 10.0. The van der Waals surface area contributed by atoms with E-state index in [9.17, 15) is 18.6 Å². The predicted molar refractivity (Wildman–Crippen MR) is 84.7 cm³/mol. The number of sulfonamides is 1. The zero-order valence-electron chi connectivity index (χ0n) is 12.0. The molecule has 9 heteroatoms. The smallest absolute Gasteiger partial charge is 0.271 e. The molecule has 0 bridgehead atoms. The van der Waals surface area contributed by atoms with Crippen molar-refractivity contribution in [2.75, 3.05) is 4.72 Å². The summed E-state index contributed by atoms with van der Waals surface area (Å²) in [4.78, 5) is 0. The summed E-state index contributed by atoms with van der Waals surface area (Å²) in [5.74, 6) is 0.224. The first-order valence-electron chi connectivity index (χ1n) is 7.10. The van der Waals surface area contributed by atoms with Gasteiger partial charge in [0.15, 0.2) is 10.00 Å². The Morgan fingerprint density at radius 1 is 1.22 bits per heavy atom. The van der Waals surface area contributed by atoms with Crippen LogP contribution in [0, 0.1) is 0 Å². The Morgan fingerprint density at radius 2 is 1.96 bits per heavy atom. The molecule has 23 heavy (non-hydrogen) atoms. The molecule has 3 heterocycles. The highest BCUT2D eigenvalue weighted by Crippen LogP contribution is 2.49. The van der Waals surface area contributed by atoms with Crippen LogP contribution in [0.4, 0.5) is 5.69 Å². The maximum Gasteiger partial charge on any atom is 0.271 e. The number of rotatable bonds is 0. The standard InChI is InChI=1S/C14H15NO6S2/c1-6-9(16)10(17)12-13(20-6)21-11-7-4-2-3-5-8(7)15-23(18,19)14(11)22-12/h2-6,9-10,12-13,15-17H,1H3. The number of ether oxygens (including phenoxy) is 2. The van der Waals surface area contributed by atoms with E-state index in [-0.39, 0.29) is 10.00 Å². The second kappa shape index (κ2) is 5.12. The van der Waals surface area contributed by atoms with E-state index in [4.69, 9.17) is 9.47 Å². The van der Waals surface area contributed by atoms with Crippen molar-refractivity contribution in [3.8, 4) is 0 Å². The number of aliphatic hydroxyl groups excluding tert-OH is 2. The van der Waals surface area contributed by atoms with Gasteiger partial charge in [-0.05, 0) is 19.1 Å². The van der Waals surface area contributed by atoms with Crippen LogP contribution in [-0.2, 0) is 19.5 Å². The van der Waals surface area contributed by atoms with Crippen molar-refractivity contribution in [2.24, 2.45) is 0 Å². The van der Waals surface area contributed by atoms with Crippen LogP contribution in [0.25, 0.3) is 5.76 Å². The van der Waals surface area contributed by atoms with Crippen LogP contribution < -0.4 is 4.72 Å². The molecule has 5 atom stereocenters. The summed E-state index contributed by atoms with van der Waals surface area (Å²) >= 11 is 0.953. The van der Waals surface area contributed by atoms with E-state index in [1.165, 1.54) is 0 Å². The van der Waals surface area contributed by atoms with Gasteiger partial charge >= 0.3 is 0 Å². The predicted octanol–water partition coefficient (Wildman–Crippen LogP) is 0.667. The number of aliphatic hydroxyl groups is 2. The highest BCUT2D eigenvalue weighted by molar-refractivity contribution is 8.19. The first-order chi connectivity index (χ1) is 10.9. The molecule has 0 aromatic heterocycles. The van der Waals surface area contributed by atoms with Crippen molar-refractivity contribution >= 4 is 33.2 Å². The molecule has 3 aliphatic rings. The van der Waals surface area contributed by atoms with Gasteiger partial charge in [-0.3, -0.25) is 4.72 Å². The lowest BCUT2D eigenvalue weighted by molar-refractivity contribution is -0.220. The average Bonchev–Trinajstić information content (AvgIpc) is 2.51. The van der Waals surface area contributed by atoms with Gasteiger partial charge in [-0.25, -0.2) is 8.42 Å². The molecule has 1 aromatic rings. The molecule has 0 amide bonds. The molecule has 1 saturated heterocycles. The number of thioether (sulfide) groups is 1. The van der Waals surface area contributed by atoms with Gasteiger partial charge in [0.25, 0.3) is 10.0 Å². The number of hydrogen-bond acceptors (Lipinski definition) is 7. The van der Waals surface area contributed by atoms with Gasteiger partial charge in [0.2, 0.25) is 6.29 Å². The summed E-state index contributed by atoms with van der Waals surface area (Å²) in [7, 11) is -3.78. The highest BCUT2D eigenvalue weighted by Gasteiger charge is 2.50. The van der Waals surface area contributed by atoms with Gasteiger partial charge in [0.05, 0.1) is 11.8 Å². The molecule has 7 nitrogen and oxygen atoms in total.